The molecule has 0 saturated heterocycles. The van der Waals surface area contributed by atoms with E-state index in [9.17, 15) is 0 Å². The van der Waals surface area contributed by atoms with E-state index in [4.69, 9.17) is 11.6 Å². The molecule has 0 aliphatic carbocycles. The minimum atomic E-state index is 0.391. The molecule has 2 heteroatoms. The van der Waals surface area contributed by atoms with Gasteiger partial charge in [0.05, 0.1) is 5.88 Å². The lowest BCUT2D eigenvalue weighted by Crippen LogP contribution is -1.73. The Kier molecular flexibility index (Phi) is 2.54. The second kappa shape index (κ2) is 3.83. The van der Waals surface area contributed by atoms with Crippen LogP contribution in [0.4, 0.5) is 0 Å². The number of rotatable bonds is 0. The summed E-state index contributed by atoms with van der Waals surface area (Å²) in [7, 11) is 0. The zero-order valence-electron chi connectivity index (χ0n) is 6.88. The Morgan fingerprint density at radius 1 is 1.31 bits per heavy atom. The van der Waals surface area contributed by atoms with Crippen molar-refractivity contribution in [2.75, 3.05) is 5.88 Å². The van der Waals surface area contributed by atoms with E-state index in [2.05, 4.69) is 29.4 Å². The van der Waals surface area contributed by atoms with E-state index in [0.29, 0.717) is 5.88 Å². The fourth-order valence-corrected chi connectivity index (χ4v) is 2.16. The Labute approximate surface area is 86.2 Å². The van der Waals surface area contributed by atoms with Crippen molar-refractivity contribution in [3.63, 3.8) is 0 Å². The van der Waals surface area contributed by atoms with E-state index < -0.39 is 0 Å². The van der Waals surface area contributed by atoms with Crippen molar-refractivity contribution in [2.24, 2.45) is 0 Å². The molecule has 0 atom stereocenters. The van der Waals surface area contributed by atoms with E-state index in [0.717, 1.165) is 5.56 Å². The van der Waals surface area contributed by atoms with Crippen LogP contribution in [0.3, 0.4) is 0 Å². The molecule has 1 aromatic heterocycles. The van der Waals surface area contributed by atoms with E-state index >= 15 is 0 Å². The monoisotopic (exact) mass is 206 g/mol. The molecule has 0 spiro atoms. The first kappa shape index (κ1) is 8.62. The summed E-state index contributed by atoms with van der Waals surface area (Å²) >= 11 is 7.23. The minimum absolute atomic E-state index is 0.391. The van der Waals surface area contributed by atoms with Crippen molar-refractivity contribution in [1.82, 2.24) is 0 Å². The smallest absolute Gasteiger partial charge is 0.0839 e. The van der Waals surface area contributed by atoms with Gasteiger partial charge in [-0.2, -0.15) is 0 Å². The van der Waals surface area contributed by atoms with Gasteiger partial charge in [-0.15, -0.1) is 22.9 Å². The number of fused-ring (bicyclic) bond motifs is 1. The first-order valence-electron chi connectivity index (χ1n) is 3.93. The normalized spacial score (nSPS) is 9.62. The van der Waals surface area contributed by atoms with Gasteiger partial charge in [-0.1, -0.05) is 24.0 Å². The summed E-state index contributed by atoms with van der Waals surface area (Å²) in [4.78, 5) is 0. The first-order valence-corrected chi connectivity index (χ1v) is 5.34. The minimum Gasteiger partial charge on any atom is -0.143 e. The zero-order chi connectivity index (χ0) is 9.10. The van der Waals surface area contributed by atoms with Gasteiger partial charge in [0.25, 0.3) is 0 Å². The number of alkyl halides is 1. The van der Waals surface area contributed by atoms with Crippen LogP contribution in [0.15, 0.2) is 29.6 Å². The van der Waals surface area contributed by atoms with Crippen LogP contribution < -0.4 is 0 Å². The summed E-state index contributed by atoms with van der Waals surface area (Å²) in [5.74, 6) is 6.31. The molecule has 0 N–H and O–H groups in total. The molecule has 1 heterocycles. The molecule has 0 saturated carbocycles. The van der Waals surface area contributed by atoms with Gasteiger partial charge in [-0.05, 0) is 22.9 Å². The molecular formula is C11H7ClS. The highest BCUT2D eigenvalue weighted by molar-refractivity contribution is 7.17. The molecule has 64 valence electrons. The molecule has 2 rings (SSSR count). The fraction of sp³-hybridized carbons (Fsp3) is 0.0909. The summed E-state index contributed by atoms with van der Waals surface area (Å²) in [5, 5.41) is 3.34. The van der Waals surface area contributed by atoms with Gasteiger partial charge in [-0.3, -0.25) is 0 Å². The summed E-state index contributed by atoms with van der Waals surface area (Å²) in [6.45, 7) is 0. The maximum Gasteiger partial charge on any atom is 0.0839 e. The van der Waals surface area contributed by atoms with Crippen LogP contribution in [0.1, 0.15) is 5.56 Å². The fourth-order valence-electron chi connectivity index (χ4n) is 1.22. The van der Waals surface area contributed by atoms with E-state index in [1.165, 1.54) is 10.1 Å². The molecule has 0 aliphatic heterocycles. The van der Waals surface area contributed by atoms with Crippen molar-refractivity contribution in [3.05, 3.63) is 35.2 Å². The first-order chi connectivity index (χ1) is 6.42. The number of hydrogen-bond donors (Lipinski definition) is 0. The number of thiophene rings is 1. The number of hydrogen-bond acceptors (Lipinski definition) is 1. The van der Waals surface area contributed by atoms with Crippen LogP contribution in [-0.4, -0.2) is 5.88 Å². The Morgan fingerprint density at radius 3 is 3.08 bits per heavy atom. The number of halogens is 1. The van der Waals surface area contributed by atoms with Crippen molar-refractivity contribution in [3.8, 4) is 11.8 Å². The summed E-state index contributed by atoms with van der Waals surface area (Å²) < 4.78 is 1.25. The third-order valence-electron chi connectivity index (χ3n) is 1.77. The third kappa shape index (κ3) is 1.70. The topological polar surface area (TPSA) is 0 Å². The maximum absolute atomic E-state index is 5.51. The average Bonchev–Trinajstić information content (AvgIpc) is 2.62. The van der Waals surface area contributed by atoms with Crippen molar-refractivity contribution in [2.45, 2.75) is 0 Å². The molecule has 0 aliphatic rings. The SMILES string of the molecule is ClCC#Cc1cccc2ccsc12. The Balaban J connectivity index is 2.61. The van der Waals surface area contributed by atoms with Gasteiger partial charge in [0.2, 0.25) is 0 Å². The molecule has 0 radical (unpaired) electrons. The van der Waals surface area contributed by atoms with Gasteiger partial charge in [0.1, 0.15) is 0 Å². The molecule has 1 aromatic carbocycles. The van der Waals surface area contributed by atoms with Crippen LogP contribution in [0.25, 0.3) is 10.1 Å². The van der Waals surface area contributed by atoms with Crippen molar-refractivity contribution in [1.29, 1.82) is 0 Å². The zero-order valence-corrected chi connectivity index (χ0v) is 8.45. The third-order valence-corrected chi connectivity index (χ3v) is 2.87. The Bertz CT molecular complexity index is 473. The lowest BCUT2D eigenvalue weighted by molar-refractivity contribution is 1.77. The lowest BCUT2D eigenvalue weighted by Gasteiger charge is -1.91. The quantitative estimate of drug-likeness (QED) is 0.457. The second-order valence-corrected chi connectivity index (χ2v) is 3.76. The van der Waals surface area contributed by atoms with Gasteiger partial charge < -0.3 is 0 Å². The van der Waals surface area contributed by atoms with E-state index in [-0.39, 0.29) is 0 Å². The lowest BCUT2D eigenvalue weighted by atomic mass is 10.2. The Hall–Kier alpha value is -0.970. The van der Waals surface area contributed by atoms with Crippen LogP contribution >= 0.6 is 22.9 Å². The summed E-state index contributed by atoms with van der Waals surface area (Å²) in [6, 6.07) is 8.25. The van der Waals surface area contributed by atoms with Gasteiger partial charge in [-0.25, -0.2) is 0 Å². The van der Waals surface area contributed by atoms with Crippen LogP contribution in [-0.2, 0) is 0 Å². The highest BCUT2D eigenvalue weighted by Gasteiger charge is 1.97. The highest BCUT2D eigenvalue weighted by Crippen LogP contribution is 2.23. The maximum atomic E-state index is 5.51. The Morgan fingerprint density at radius 2 is 2.23 bits per heavy atom. The summed E-state index contributed by atoms with van der Waals surface area (Å²) in [6.07, 6.45) is 0. The average molecular weight is 207 g/mol. The molecule has 0 amide bonds. The van der Waals surface area contributed by atoms with Crippen LogP contribution in [0, 0.1) is 11.8 Å². The number of benzene rings is 1. The molecule has 0 bridgehead atoms. The standard InChI is InChI=1S/C11H7ClS/c12-7-2-5-9-3-1-4-10-6-8-13-11(9)10/h1,3-4,6,8H,7H2. The van der Waals surface area contributed by atoms with Gasteiger partial charge in [0, 0.05) is 10.3 Å². The highest BCUT2D eigenvalue weighted by atomic mass is 35.5. The predicted molar refractivity (Wildman–Crippen MR) is 59.4 cm³/mol. The van der Waals surface area contributed by atoms with Crippen LogP contribution in [0.5, 0.6) is 0 Å². The van der Waals surface area contributed by atoms with Crippen molar-refractivity contribution >= 4 is 33.0 Å². The van der Waals surface area contributed by atoms with Gasteiger partial charge in [0.15, 0.2) is 0 Å². The molecule has 0 unspecified atom stereocenters. The molecule has 2 aromatic rings. The van der Waals surface area contributed by atoms with Gasteiger partial charge >= 0.3 is 0 Å². The largest absolute Gasteiger partial charge is 0.143 e. The molecule has 13 heavy (non-hydrogen) atoms. The van der Waals surface area contributed by atoms with Crippen molar-refractivity contribution < 1.29 is 0 Å². The molecule has 0 nitrogen and oxygen atoms in total. The molecule has 0 fully saturated rings. The second-order valence-electron chi connectivity index (χ2n) is 2.58. The van der Waals surface area contributed by atoms with Crippen LogP contribution in [0.2, 0.25) is 0 Å². The van der Waals surface area contributed by atoms with E-state index in [1.807, 2.05) is 12.1 Å². The van der Waals surface area contributed by atoms with E-state index in [1.54, 1.807) is 11.3 Å². The predicted octanol–water partition coefficient (Wildman–Crippen LogP) is 3.49. The summed E-state index contributed by atoms with van der Waals surface area (Å²) in [5.41, 5.74) is 1.08. The molecular weight excluding hydrogens is 200 g/mol.